The molecule has 0 amide bonds. The van der Waals surface area contributed by atoms with Gasteiger partial charge in [-0.25, -0.2) is 9.59 Å². The number of aromatic hydroxyl groups is 3. The molecule has 2 rings (SSSR count). The predicted molar refractivity (Wildman–Crippen MR) is 86.9 cm³/mol. The van der Waals surface area contributed by atoms with Crippen LogP contribution in [0.25, 0.3) is 0 Å². The molecule has 2 aromatic rings. The van der Waals surface area contributed by atoms with Crippen molar-refractivity contribution in [3.63, 3.8) is 0 Å². The van der Waals surface area contributed by atoms with Crippen LogP contribution in [-0.4, -0.2) is 37.5 Å². The number of phenols is 3. The first-order valence-corrected chi connectivity index (χ1v) is 7.07. The van der Waals surface area contributed by atoms with Crippen LogP contribution in [0, 0.1) is 0 Å². The van der Waals surface area contributed by atoms with E-state index in [1.807, 2.05) is 6.92 Å². The Bertz CT molecular complexity index is 736. The van der Waals surface area contributed by atoms with E-state index in [9.17, 15) is 19.8 Å². The molecule has 0 spiro atoms. The molecule has 5 N–H and O–H groups in total. The van der Waals surface area contributed by atoms with Crippen LogP contribution in [0.15, 0.2) is 36.4 Å². The summed E-state index contributed by atoms with van der Waals surface area (Å²) in [7, 11) is 0. The summed E-state index contributed by atoms with van der Waals surface area (Å²) in [6, 6.07) is 9.23. The maximum Gasteiger partial charge on any atom is 1.00 e. The third kappa shape index (κ3) is 6.30. The normalized spacial score (nSPS) is 9.32. The van der Waals surface area contributed by atoms with Gasteiger partial charge < -0.3 is 27.0 Å². The van der Waals surface area contributed by atoms with Crippen molar-refractivity contribution in [3.05, 3.63) is 53.1 Å². The van der Waals surface area contributed by atoms with Gasteiger partial charge in [0, 0.05) is 5.56 Å². The van der Waals surface area contributed by atoms with E-state index >= 15 is 0 Å². The number of hydrogen-bond donors (Lipinski definition) is 5. The molecule has 2 aromatic carbocycles. The maximum absolute atomic E-state index is 10.8. The molecular formula is C17H19NaO7. The van der Waals surface area contributed by atoms with Gasteiger partial charge in [0.1, 0.15) is 0 Å². The number of hydrogen-bond acceptors (Lipinski definition) is 5. The molecule has 0 radical (unpaired) electrons. The second-order valence-electron chi connectivity index (χ2n) is 4.85. The van der Waals surface area contributed by atoms with Crippen LogP contribution >= 0.6 is 0 Å². The number of aromatic carboxylic acids is 2. The van der Waals surface area contributed by atoms with E-state index in [1.165, 1.54) is 0 Å². The second kappa shape index (κ2) is 10.6. The van der Waals surface area contributed by atoms with Crippen LogP contribution in [-0.2, 0) is 6.42 Å². The topological polar surface area (TPSA) is 135 Å². The molecule has 25 heavy (non-hydrogen) atoms. The minimum absolute atomic E-state index is 0. The van der Waals surface area contributed by atoms with Crippen LogP contribution in [0.3, 0.4) is 0 Å². The van der Waals surface area contributed by atoms with E-state index in [0.717, 1.165) is 6.07 Å². The van der Waals surface area contributed by atoms with E-state index in [2.05, 4.69) is 0 Å². The summed E-state index contributed by atoms with van der Waals surface area (Å²) < 4.78 is 0. The third-order valence-electron chi connectivity index (χ3n) is 3.11. The van der Waals surface area contributed by atoms with Gasteiger partial charge in [-0.2, -0.15) is 0 Å². The van der Waals surface area contributed by atoms with Gasteiger partial charge in [0.15, 0.2) is 11.5 Å². The van der Waals surface area contributed by atoms with Crippen molar-refractivity contribution >= 4 is 11.9 Å². The molecule has 0 unspecified atom stereocenters. The van der Waals surface area contributed by atoms with Crippen molar-refractivity contribution in [3.8, 4) is 17.2 Å². The monoisotopic (exact) mass is 358 g/mol. The molecular weight excluding hydrogens is 339 g/mol. The molecule has 8 heteroatoms. The SMILES string of the molecule is CCCc1c(C(=O)O)cc(O)c(O)c1O.O=C(O)c1ccccc1.[H-].[Na+]. The van der Waals surface area contributed by atoms with Crippen molar-refractivity contribution in [2.75, 3.05) is 0 Å². The number of rotatable bonds is 4. The molecule has 0 atom stereocenters. The molecule has 0 heterocycles. The van der Waals surface area contributed by atoms with E-state index < -0.39 is 29.2 Å². The quantitative estimate of drug-likeness (QED) is 0.382. The van der Waals surface area contributed by atoms with Gasteiger partial charge in [0.05, 0.1) is 11.1 Å². The average molecular weight is 358 g/mol. The first-order chi connectivity index (χ1) is 11.3. The minimum atomic E-state index is -1.25. The third-order valence-corrected chi connectivity index (χ3v) is 3.11. The van der Waals surface area contributed by atoms with Crippen LogP contribution in [0.1, 0.15) is 41.1 Å². The Balaban J connectivity index is 0. The van der Waals surface area contributed by atoms with Crippen LogP contribution in [0.5, 0.6) is 17.2 Å². The minimum Gasteiger partial charge on any atom is -1.00 e. The summed E-state index contributed by atoms with van der Waals surface area (Å²) in [5.74, 6) is -4.00. The molecule has 0 saturated heterocycles. The Morgan fingerprint density at radius 1 is 0.960 bits per heavy atom. The van der Waals surface area contributed by atoms with Crippen molar-refractivity contribution in [2.24, 2.45) is 0 Å². The van der Waals surface area contributed by atoms with E-state index in [4.69, 9.17) is 15.3 Å². The van der Waals surface area contributed by atoms with Gasteiger partial charge in [0.25, 0.3) is 0 Å². The summed E-state index contributed by atoms with van der Waals surface area (Å²) in [5, 5.41) is 45.1. The largest absolute Gasteiger partial charge is 1.00 e. The predicted octanol–water partition coefficient (Wildman–Crippen LogP) is -0.0446. The summed E-state index contributed by atoms with van der Waals surface area (Å²) in [4.78, 5) is 21.0. The van der Waals surface area contributed by atoms with Gasteiger partial charge in [-0.15, -0.1) is 0 Å². The number of carbonyl (C=O) groups is 2. The van der Waals surface area contributed by atoms with Crippen molar-refractivity contribution in [2.45, 2.75) is 19.8 Å². The molecule has 0 aliphatic rings. The maximum atomic E-state index is 10.8. The molecule has 0 bridgehead atoms. The van der Waals surface area contributed by atoms with Gasteiger partial charge in [0.2, 0.25) is 5.75 Å². The van der Waals surface area contributed by atoms with E-state index in [0.29, 0.717) is 18.4 Å². The summed E-state index contributed by atoms with van der Waals surface area (Å²) in [6.45, 7) is 1.81. The summed E-state index contributed by atoms with van der Waals surface area (Å²) in [5.41, 5.74) is 0.280. The number of carboxylic acid groups (broad SMARTS) is 2. The molecule has 0 saturated carbocycles. The second-order valence-corrected chi connectivity index (χ2v) is 4.85. The van der Waals surface area contributed by atoms with Gasteiger partial charge in [-0.3, -0.25) is 0 Å². The fourth-order valence-electron chi connectivity index (χ4n) is 1.96. The fourth-order valence-corrected chi connectivity index (χ4v) is 1.96. The number of carboxylic acids is 2. The van der Waals surface area contributed by atoms with Crippen molar-refractivity contribution < 1.29 is 66.1 Å². The van der Waals surface area contributed by atoms with Crippen LogP contribution in [0.2, 0.25) is 0 Å². The molecule has 0 aromatic heterocycles. The average Bonchev–Trinajstić information content (AvgIpc) is 2.56. The zero-order chi connectivity index (χ0) is 18.3. The standard InChI is InChI=1S/C10H12O5.C7H6O2.Na.H/c1-2-3-5-6(10(14)15)4-7(11)9(13)8(5)12;8-7(9)6-4-2-1-3-5-6;;/h4,11-13H,2-3H2,1H3,(H,14,15);1-5H,(H,8,9);;/q;;+1;-1. The number of benzene rings is 2. The molecule has 130 valence electrons. The Hall–Kier alpha value is -2.22. The Labute approximate surface area is 168 Å². The van der Waals surface area contributed by atoms with Crippen molar-refractivity contribution in [1.29, 1.82) is 0 Å². The van der Waals surface area contributed by atoms with E-state index in [1.54, 1.807) is 30.3 Å². The van der Waals surface area contributed by atoms with Gasteiger partial charge in [-0.05, 0) is 24.6 Å². The van der Waals surface area contributed by atoms with Crippen molar-refractivity contribution in [1.82, 2.24) is 0 Å². The Morgan fingerprint density at radius 3 is 1.92 bits per heavy atom. The summed E-state index contributed by atoms with van der Waals surface area (Å²) >= 11 is 0. The molecule has 7 nitrogen and oxygen atoms in total. The Kier molecular flexibility index (Phi) is 9.66. The van der Waals surface area contributed by atoms with Crippen LogP contribution in [0.4, 0.5) is 0 Å². The summed E-state index contributed by atoms with van der Waals surface area (Å²) in [6.07, 6.45) is 0.944. The zero-order valence-electron chi connectivity index (χ0n) is 14.9. The first-order valence-electron chi connectivity index (χ1n) is 7.07. The molecule has 0 fully saturated rings. The van der Waals surface area contributed by atoms with E-state index in [-0.39, 0.29) is 42.1 Å². The van der Waals surface area contributed by atoms with Crippen LogP contribution < -0.4 is 29.6 Å². The van der Waals surface area contributed by atoms with Gasteiger partial charge >= 0.3 is 41.5 Å². The molecule has 0 aliphatic carbocycles. The molecule has 0 aliphatic heterocycles. The zero-order valence-corrected chi connectivity index (χ0v) is 15.9. The first kappa shape index (κ1) is 22.8. The smallest absolute Gasteiger partial charge is 1.00 e. The fraction of sp³-hybridized carbons (Fsp3) is 0.176. The number of phenolic OH excluding ortho intramolecular Hbond substituents is 3. The Morgan fingerprint density at radius 2 is 1.52 bits per heavy atom. The van der Waals surface area contributed by atoms with Gasteiger partial charge in [-0.1, -0.05) is 31.5 Å².